The fraction of sp³-hybridized carbons (Fsp3) is 0.235. The number of nitrogens with zero attached hydrogens (tertiary/aromatic N) is 3. The second-order valence-electron chi connectivity index (χ2n) is 5.54. The molecule has 23 heavy (non-hydrogen) atoms. The quantitative estimate of drug-likeness (QED) is 0.579. The first-order chi connectivity index (χ1) is 11.1. The monoisotopic (exact) mass is 310 g/mol. The molecule has 3 aromatic rings. The molecule has 0 unspecified atom stereocenters. The molecule has 0 saturated carbocycles. The van der Waals surface area contributed by atoms with Crippen molar-refractivity contribution in [1.29, 1.82) is 0 Å². The van der Waals surface area contributed by atoms with Crippen molar-refractivity contribution in [2.24, 2.45) is 5.73 Å². The fourth-order valence-corrected chi connectivity index (χ4v) is 2.68. The summed E-state index contributed by atoms with van der Waals surface area (Å²) in [4.78, 5) is 15.1. The first kappa shape index (κ1) is 15.2. The number of pyridine rings is 1. The van der Waals surface area contributed by atoms with Gasteiger partial charge in [0.05, 0.1) is 16.3 Å². The van der Waals surface area contributed by atoms with Crippen LogP contribution < -0.4 is 5.73 Å². The van der Waals surface area contributed by atoms with Gasteiger partial charge in [-0.3, -0.25) is 10.1 Å². The molecule has 0 bridgehead atoms. The van der Waals surface area contributed by atoms with Crippen molar-refractivity contribution in [2.75, 3.05) is 6.54 Å². The highest BCUT2D eigenvalue weighted by Crippen LogP contribution is 2.27. The van der Waals surface area contributed by atoms with E-state index in [1.165, 1.54) is 12.1 Å². The van der Waals surface area contributed by atoms with Gasteiger partial charge in [0.15, 0.2) is 0 Å². The highest BCUT2D eigenvalue weighted by atomic mass is 16.6. The zero-order chi connectivity index (χ0) is 16.4. The van der Waals surface area contributed by atoms with Gasteiger partial charge in [-0.15, -0.1) is 0 Å². The lowest BCUT2D eigenvalue weighted by Gasteiger charge is -2.05. The van der Waals surface area contributed by atoms with E-state index in [4.69, 9.17) is 10.7 Å². The molecule has 0 radical (unpaired) electrons. The summed E-state index contributed by atoms with van der Waals surface area (Å²) in [6.45, 7) is 2.64. The fourth-order valence-electron chi connectivity index (χ4n) is 2.68. The molecule has 118 valence electrons. The molecule has 0 fully saturated rings. The van der Waals surface area contributed by atoms with Gasteiger partial charge < -0.3 is 10.1 Å². The molecule has 0 saturated heterocycles. The molecule has 0 aliphatic heterocycles. The van der Waals surface area contributed by atoms with E-state index in [-0.39, 0.29) is 5.69 Å². The van der Waals surface area contributed by atoms with Crippen molar-refractivity contribution in [1.82, 2.24) is 9.38 Å². The highest BCUT2D eigenvalue weighted by Gasteiger charge is 2.15. The Balaban J connectivity index is 2.12. The lowest BCUT2D eigenvalue weighted by Crippen LogP contribution is -2.03. The third-order valence-electron chi connectivity index (χ3n) is 3.85. The second kappa shape index (κ2) is 6.18. The molecule has 0 aliphatic carbocycles. The average molecular weight is 310 g/mol. The Labute approximate surface area is 133 Å². The SMILES string of the molecule is Cc1ccn2c(CCCN)c(-c3ccc([N+](=O)[O-])cc3)nc2c1. The van der Waals surface area contributed by atoms with Crippen LogP contribution in [0.2, 0.25) is 0 Å². The Morgan fingerprint density at radius 3 is 2.65 bits per heavy atom. The molecule has 2 heterocycles. The molecular formula is C17H18N4O2. The Kier molecular flexibility index (Phi) is 4.08. The van der Waals surface area contributed by atoms with Crippen molar-refractivity contribution < 1.29 is 4.92 Å². The summed E-state index contributed by atoms with van der Waals surface area (Å²) >= 11 is 0. The van der Waals surface area contributed by atoms with Crippen molar-refractivity contribution in [3.63, 3.8) is 0 Å². The van der Waals surface area contributed by atoms with Gasteiger partial charge in [0, 0.05) is 23.9 Å². The second-order valence-corrected chi connectivity index (χ2v) is 5.54. The zero-order valence-electron chi connectivity index (χ0n) is 12.9. The molecule has 1 aromatic carbocycles. The molecule has 0 amide bonds. The number of fused-ring (bicyclic) bond motifs is 1. The van der Waals surface area contributed by atoms with E-state index < -0.39 is 4.92 Å². The van der Waals surface area contributed by atoms with E-state index in [0.29, 0.717) is 6.54 Å². The van der Waals surface area contributed by atoms with Crippen LogP contribution in [0.5, 0.6) is 0 Å². The first-order valence-corrected chi connectivity index (χ1v) is 7.52. The van der Waals surface area contributed by atoms with Crippen LogP contribution in [0.4, 0.5) is 5.69 Å². The van der Waals surface area contributed by atoms with E-state index in [0.717, 1.165) is 41.0 Å². The Bertz CT molecular complexity index is 853. The minimum Gasteiger partial charge on any atom is -0.330 e. The Morgan fingerprint density at radius 2 is 2.00 bits per heavy atom. The van der Waals surface area contributed by atoms with Crippen LogP contribution in [0.3, 0.4) is 0 Å². The minimum atomic E-state index is -0.397. The predicted octanol–water partition coefficient (Wildman–Crippen LogP) is 3.11. The normalized spacial score (nSPS) is 11.0. The molecule has 0 atom stereocenters. The van der Waals surface area contributed by atoms with Crippen molar-refractivity contribution in [3.05, 3.63) is 64.0 Å². The number of benzene rings is 1. The van der Waals surface area contributed by atoms with Crippen LogP contribution in [0.1, 0.15) is 17.7 Å². The van der Waals surface area contributed by atoms with Crippen LogP contribution in [-0.2, 0) is 6.42 Å². The van der Waals surface area contributed by atoms with E-state index in [1.807, 2.05) is 25.3 Å². The van der Waals surface area contributed by atoms with Gasteiger partial charge in [0.1, 0.15) is 5.65 Å². The largest absolute Gasteiger partial charge is 0.330 e. The smallest absolute Gasteiger partial charge is 0.269 e. The minimum absolute atomic E-state index is 0.0804. The number of hydrogen-bond donors (Lipinski definition) is 1. The molecule has 6 heteroatoms. The van der Waals surface area contributed by atoms with Gasteiger partial charge in [-0.25, -0.2) is 4.98 Å². The Morgan fingerprint density at radius 1 is 1.26 bits per heavy atom. The maximum Gasteiger partial charge on any atom is 0.269 e. The average Bonchev–Trinajstić information content (AvgIpc) is 2.90. The first-order valence-electron chi connectivity index (χ1n) is 7.52. The number of aromatic nitrogens is 2. The summed E-state index contributed by atoms with van der Waals surface area (Å²) in [5.74, 6) is 0. The van der Waals surface area contributed by atoms with Gasteiger partial charge in [0.2, 0.25) is 0 Å². The number of rotatable bonds is 5. The number of aryl methyl sites for hydroxylation is 2. The van der Waals surface area contributed by atoms with Crippen molar-refractivity contribution >= 4 is 11.3 Å². The topological polar surface area (TPSA) is 86.5 Å². The van der Waals surface area contributed by atoms with Gasteiger partial charge >= 0.3 is 0 Å². The summed E-state index contributed by atoms with van der Waals surface area (Å²) < 4.78 is 2.07. The summed E-state index contributed by atoms with van der Waals surface area (Å²) in [5.41, 5.74) is 10.6. The highest BCUT2D eigenvalue weighted by molar-refractivity contribution is 5.68. The van der Waals surface area contributed by atoms with Crippen LogP contribution in [-0.4, -0.2) is 20.9 Å². The maximum atomic E-state index is 10.8. The van der Waals surface area contributed by atoms with Crippen LogP contribution >= 0.6 is 0 Å². The standard InChI is InChI=1S/C17H18N4O2/c1-12-8-10-20-15(3-2-9-18)17(19-16(20)11-12)13-4-6-14(7-5-13)21(22)23/h4-8,10-11H,2-3,9,18H2,1H3. The van der Waals surface area contributed by atoms with Gasteiger partial charge in [-0.05, 0) is 56.1 Å². The molecule has 0 aliphatic rings. The van der Waals surface area contributed by atoms with E-state index in [1.54, 1.807) is 12.1 Å². The van der Waals surface area contributed by atoms with Crippen molar-refractivity contribution in [3.8, 4) is 11.3 Å². The number of imidazole rings is 1. The van der Waals surface area contributed by atoms with Crippen molar-refractivity contribution in [2.45, 2.75) is 19.8 Å². The summed E-state index contributed by atoms with van der Waals surface area (Å²) in [7, 11) is 0. The molecule has 0 spiro atoms. The lowest BCUT2D eigenvalue weighted by molar-refractivity contribution is -0.384. The van der Waals surface area contributed by atoms with Gasteiger partial charge in [-0.2, -0.15) is 0 Å². The molecule has 6 nitrogen and oxygen atoms in total. The van der Waals surface area contributed by atoms with Gasteiger partial charge in [-0.1, -0.05) is 0 Å². The van der Waals surface area contributed by atoms with Crippen LogP contribution in [0.15, 0.2) is 42.6 Å². The molecule has 2 aromatic heterocycles. The summed E-state index contributed by atoms with van der Waals surface area (Å²) in [6.07, 6.45) is 3.69. The summed E-state index contributed by atoms with van der Waals surface area (Å²) in [5, 5.41) is 10.8. The third kappa shape index (κ3) is 2.93. The number of nitro benzene ring substituents is 1. The van der Waals surface area contributed by atoms with E-state index in [2.05, 4.69) is 4.40 Å². The van der Waals surface area contributed by atoms with Crippen LogP contribution in [0.25, 0.3) is 16.9 Å². The predicted molar refractivity (Wildman–Crippen MR) is 89.4 cm³/mol. The molecule has 3 rings (SSSR count). The lowest BCUT2D eigenvalue weighted by atomic mass is 10.1. The molecular weight excluding hydrogens is 292 g/mol. The van der Waals surface area contributed by atoms with E-state index in [9.17, 15) is 10.1 Å². The molecule has 2 N–H and O–H groups in total. The zero-order valence-corrected chi connectivity index (χ0v) is 12.9. The number of nitro groups is 1. The maximum absolute atomic E-state index is 10.8. The number of non-ortho nitro benzene ring substituents is 1. The van der Waals surface area contributed by atoms with Crippen LogP contribution in [0, 0.1) is 17.0 Å². The van der Waals surface area contributed by atoms with E-state index >= 15 is 0 Å². The number of hydrogen-bond acceptors (Lipinski definition) is 4. The summed E-state index contributed by atoms with van der Waals surface area (Å²) in [6, 6.07) is 10.6. The number of nitrogens with two attached hydrogens (primary N) is 1. The Hall–Kier alpha value is -2.73. The third-order valence-corrected chi connectivity index (χ3v) is 3.85. The van der Waals surface area contributed by atoms with Gasteiger partial charge in [0.25, 0.3) is 5.69 Å².